The van der Waals surface area contributed by atoms with Crippen LogP contribution in [0.25, 0.3) is 0 Å². The van der Waals surface area contributed by atoms with E-state index in [-0.39, 0.29) is 18.4 Å². The van der Waals surface area contributed by atoms with Crippen LogP contribution in [0.2, 0.25) is 0 Å². The number of hydrogen-bond donors (Lipinski definition) is 2. The van der Waals surface area contributed by atoms with Gasteiger partial charge < -0.3 is 20.7 Å². The van der Waals surface area contributed by atoms with E-state index in [1.54, 1.807) is 26.8 Å². The monoisotopic (exact) mass is 311 g/mol. The quantitative estimate of drug-likeness (QED) is 0.875. The van der Waals surface area contributed by atoms with Gasteiger partial charge in [-0.3, -0.25) is 0 Å². The summed E-state index contributed by atoms with van der Waals surface area (Å²) in [5, 5.41) is 2.75. The maximum atomic E-state index is 13.4. The lowest BCUT2D eigenvalue weighted by Gasteiger charge is -2.24. The van der Waals surface area contributed by atoms with Gasteiger partial charge in [-0.15, -0.1) is 0 Å². The average molecular weight is 311 g/mol. The topological polar surface area (TPSA) is 67.6 Å². The molecule has 1 unspecified atom stereocenters. The van der Waals surface area contributed by atoms with Crippen molar-refractivity contribution >= 4 is 11.8 Å². The third-order valence-electron chi connectivity index (χ3n) is 3.00. The molecule has 1 aromatic carbocycles. The number of hydrogen-bond acceptors (Lipinski definition) is 4. The van der Waals surface area contributed by atoms with E-state index in [0.29, 0.717) is 6.42 Å². The van der Waals surface area contributed by atoms with Gasteiger partial charge in [0.25, 0.3) is 0 Å². The average Bonchev–Trinajstić information content (AvgIpc) is 2.37. The molecule has 1 atom stereocenters. The lowest BCUT2D eigenvalue weighted by molar-refractivity contribution is 0.0506. The van der Waals surface area contributed by atoms with Gasteiger partial charge in [0.1, 0.15) is 11.4 Å². The van der Waals surface area contributed by atoms with Crippen LogP contribution in [0.3, 0.4) is 0 Å². The first-order valence-corrected chi connectivity index (χ1v) is 7.27. The number of nitrogens with one attached hydrogen (secondary N) is 1. The molecule has 0 heterocycles. The molecule has 0 aliphatic carbocycles. The molecule has 3 N–H and O–H groups in total. The summed E-state index contributed by atoms with van der Waals surface area (Å²) < 4.78 is 18.6. The lowest BCUT2D eigenvalue weighted by Crippen LogP contribution is -2.44. The zero-order chi connectivity index (χ0) is 16.9. The van der Waals surface area contributed by atoms with Crippen LogP contribution in [0.1, 0.15) is 26.3 Å². The Labute approximate surface area is 131 Å². The molecular weight excluding hydrogens is 285 g/mol. The number of ether oxygens (including phenoxy) is 1. The Morgan fingerprint density at radius 3 is 2.55 bits per heavy atom. The van der Waals surface area contributed by atoms with E-state index in [2.05, 4.69) is 5.32 Å². The molecule has 0 radical (unpaired) electrons. The van der Waals surface area contributed by atoms with Crippen molar-refractivity contribution in [3.63, 3.8) is 0 Å². The molecule has 0 bridgehead atoms. The number of carbonyl (C=O) groups excluding carboxylic acids is 1. The zero-order valence-corrected chi connectivity index (χ0v) is 13.9. The number of halogens is 1. The van der Waals surface area contributed by atoms with Gasteiger partial charge in [-0.05, 0) is 44.9 Å². The van der Waals surface area contributed by atoms with E-state index in [4.69, 9.17) is 10.5 Å². The summed E-state index contributed by atoms with van der Waals surface area (Å²) in [4.78, 5) is 13.7. The fourth-order valence-electron chi connectivity index (χ4n) is 2.06. The van der Waals surface area contributed by atoms with Crippen LogP contribution in [-0.2, 0) is 11.2 Å². The normalized spacial score (nSPS) is 12.7. The van der Waals surface area contributed by atoms with Crippen molar-refractivity contribution in [3.05, 3.63) is 29.6 Å². The maximum absolute atomic E-state index is 13.4. The Bertz CT molecular complexity index is 513. The highest BCUT2D eigenvalue weighted by atomic mass is 19.1. The van der Waals surface area contributed by atoms with Crippen LogP contribution in [0.5, 0.6) is 0 Å². The van der Waals surface area contributed by atoms with Crippen molar-refractivity contribution < 1.29 is 13.9 Å². The number of nitrogens with two attached hydrogens (primary N) is 1. The predicted octanol–water partition coefficient (Wildman–Crippen LogP) is 2.29. The van der Waals surface area contributed by atoms with Crippen molar-refractivity contribution in [2.24, 2.45) is 5.73 Å². The molecule has 0 saturated heterocycles. The molecule has 6 heteroatoms. The third kappa shape index (κ3) is 5.89. The Morgan fingerprint density at radius 1 is 1.41 bits per heavy atom. The molecule has 5 nitrogen and oxygen atoms in total. The number of carbonyl (C=O) groups is 1. The Hall–Kier alpha value is -1.82. The second-order valence-corrected chi connectivity index (χ2v) is 6.45. The Morgan fingerprint density at radius 2 is 2.05 bits per heavy atom. The summed E-state index contributed by atoms with van der Waals surface area (Å²) in [5.41, 5.74) is 6.85. The van der Waals surface area contributed by atoms with Gasteiger partial charge in [-0.25, -0.2) is 9.18 Å². The van der Waals surface area contributed by atoms with Crippen LogP contribution in [0.15, 0.2) is 18.2 Å². The number of alkyl carbamates (subject to hydrolysis) is 1. The summed E-state index contributed by atoms with van der Waals surface area (Å²) in [5.74, 6) is -0.295. The van der Waals surface area contributed by atoms with Crippen molar-refractivity contribution in [1.82, 2.24) is 5.32 Å². The third-order valence-corrected chi connectivity index (χ3v) is 3.00. The van der Waals surface area contributed by atoms with E-state index in [1.807, 2.05) is 19.0 Å². The number of nitrogens with zero attached hydrogens (tertiary/aromatic N) is 1. The largest absolute Gasteiger partial charge is 0.444 e. The standard InChI is InChI=1S/C16H26FN3O2/c1-16(2,3)22-15(21)19-13(10-18)8-11-6-7-12(17)9-14(11)20(4)5/h6-7,9,13H,8,10,18H2,1-5H3,(H,19,21). The summed E-state index contributed by atoms with van der Waals surface area (Å²) in [7, 11) is 3.69. The number of amides is 1. The van der Waals surface area contributed by atoms with E-state index in [9.17, 15) is 9.18 Å². The van der Waals surface area contributed by atoms with E-state index >= 15 is 0 Å². The summed E-state index contributed by atoms with van der Waals surface area (Å²) in [6, 6.07) is 4.31. The van der Waals surface area contributed by atoms with Gasteiger partial charge in [0.05, 0.1) is 0 Å². The molecule has 0 aliphatic rings. The van der Waals surface area contributed by atoms with Crippen LogP contribution < -0.4 is 16.0 Å². The summed E-state index contributed by atoms with van der Waals surface area (Å²) in [6.07, 6.45) is 0.000235. The van der Waals surface area contributed by atoms with Crippen LogP contribution >= 0.6 is 0 Å². The summed E-state index contributed by atoms with van der Waals surface area (Å²) in [6.45, 7) is 5.67. The minimum absolute atomic E-state index is 0.267. The first kappa shape index (κ1) is 18.2. The highest BCUT2D eigenvalue weighted by molar-refractivity contribution is 5.68. The van der Waals surface area contributed by atoms with E-state index in [1.165, 1.54) is 12.1 Å². The highest BCUT2D eigenvalue weighted by Crippen LogP contribution is 2.21. The number of benzene rings is 1. The maximum Gasteiger partial charge on any atom is 0.407 e. The molecule has 0 aromatic heterocycles. The van der Waals surface area contributed by atoms with Gasteiger partial charge >= 0.3 is 6.09 Å². The van der Waals surface area contributed by atoms with E-state index < -0.39 is 11.7 Å². The van der Waals surface area contributed by atoms with Crippen LogP contribution in [0.4, 0.5) is 14.9 Å². The fourth-order valence-corrected chi connectivity index (χ4v) is 2.06. The molecule has 1 amide bonds. The van der Waals surface area contributed by atoms with Crippen LogP contribution in [-0.4, -0.2) is 38.4 Å². The molecule has 124 valence electrons. The molecule has 0 fully saturated rings. The molecule has 1 rings (SSSR count). The molecule has 0 spiro atoms. The number of rotatable bonds is 5. The lowest BCUT2D eigenvalue weighted by atomic mass is 10.0. The van der Waals surface area contributed by atoms with Gasteiger partial charge in [0.15, 0.2) is 0 Å². The molecule has 22 heavy (non-hydrogen) atoms. The fraction of sp³-hybridized carbons (Fsp3) is 0.562. The minimum atomic E-state index is -0.562. The zero-order valence-electron chi connectivity index (χ0n) is 13.9. The minimum Gasteiger partial charge on any atom is -0.444 e. The van der Waals surface area contributed by atoms with Crippen molar-refractivity contribution in [1.29, 1.82) is 0 Å². The molecule has 1 aromatic rings. The Kier molecular flexibility index (Phi) is 6.17. The smallest absolute Gasteiger partial charge is 0.407 e. The van der Waals surface area contributed by atoms with Gasteiger partial charge in [-0.1, -0.05) is 6.07 Å². The second kappa shape index (κ2) is 7.45. The van der Waals surface area contributed by atoms with Crippen LogP contribution in [0, 0.1) is 5.82 Å². The van der Waals surface area contributed by atoms with Gasteiger partial charge in [0, 0.05) is 32.4 Å². The van der Waals surface area contributed by atoms with Gasteiger partial charge in [-0.2, -0.15) is 0 Å². The molecule has 0 aliphatic heterocycles. The molecule has 0 saturated carbocycles. The van der Waals surface area contributed by atoms with Gasteiger partial charge in [0.2, 0.25) is 0 Å². The molecular formula is C16H26FN3O2. The van der Waals surface area contributed by atoms with Crippen molar-refractivity contribution in [2.75, 3.05) is 25.5 Å². The second-order valence-electron chi connectivity index (χ2n) is 6.45. The van der Waals surface area contributed by atoms with Crippen molar-refractivity contribution in [3.8, 4) is 0 Å². The van der Waals surface area contributed by atoms with Crippen molar-refractivity contribution in [2.45, 2.75) is 38.8 Å². The number of anilines is 1. The predicted molar refractivity (Wildman–Crippen MR) is 86.6 cm³/mol. The highest BCUT2D eigenvalue weighted by Gasteiger charge is 2.20. The first-order valence-electron chi connectivity index (χ1n) is 7.27. The SMILES string of the molecule is CN(C)c1cc(F)ccc1CC(CN)NC(=O)OC(C)(C)C. The first-order chi connectivity index (χ1) is 10.1. The Balaban J connectivity index is 2.80. The summed E-state index contributed by atoms with van der Waals surface area (Å²) >= 11 is 0. The van der Waals surface area contributed by atoms with E-state index in [0.717, 1.165) is 11.3 Å².